The summed E-state index contributed by atoms with van der Waals surface area (Å²) in [7, 11) is 0. The van der Waals surface area contributed by atoms with Gasteiger partial charge >= 0.3 is 0 Å². The first-order chi connectivity index (χ1) is 13.9. The quantitative estimate of drug-likeness (QED) is 0.754. The third-order valence-electron chi connectivity index (χ3n) is 5.03. The van der Waals surface area contributed by atoms with Crippen LogP contribution in [0.5, 0.6) is 11.5 Å². The molecule has 1 aliphatic rings. The molecular formula is C23H28N2O4. The minimum absolute atomic E-state index is 0.0891. The number of ether oxygens (including phenoxy) is 2. The highest BCUT2D eigenvalue weighted by Crippen LogP contribution is 2.35. The fraction of sp³-hybridized carbons (Fsp3) is 0.391. The Morgan fingerprint density at radius 3 is 2.66 bits per heavy atom. The largest absolute Gasteiger partial charge is 0.494 e. The molecule has 1 aliphatic heterocycles. The Bertz CT molecular complexity index is 923. The maximum absolute atomic E-state index is 12.3. The van der Waals surface area contributed by atoms with E-state index in [1.165, 1.54) is 0 Å². The number of carbonyl (C=O) groups excluding carboxylic acids is 2. The lowest BCUT2D eigenvalue weighted by atomic mass is 10.1. The number of hydrogen-bond donors (Lipinski definition) is 2. The number of rotatable bonds is 7. The fourth-order valence-corrected chi connectivity index (χ4v) is 3.31. The molecule has 2 amide bonds. The maximum Gasteiger partial charge on any atom is 0.251 e. The third-order valence-corrected chi connectivity index (χ3v) is 5.03. The SMILES string of the molecule is CCOc1cc2c(cc1CNC(=O)CNC(=O)c1ccc(C)c(C)c1)O[C@@H](C)C2. The lowest BCUT2D eigenvalue weighted by molar-refractivity contribution is -0.120. The highest BCUT2D eigenvalue weighted by atomic mass is 16.5. The molecule has 6 nitrogen and oxygen atoms in total. The van der Waals surface area contributed by atoms with Gasteiger partial charge in [0.15, 0.2) is 0 Å². The van der Waals surface area contributed by atoms with Crippen molar-refractivity contribution in [2.75, 3.05) is 13.2 Å². The highest BCUT2D eigenvalue weighted by Gasteiger charge is 2.22. The Kier molecular flexibility index (Phi) is 6.42. The van der Waals surface area contributed by atoms with Crippen molar-refractivity contribution in [3.05, 3.63) is 58.1 Å². The minimum atomic E-state index is -0.266. The standard InChI is InChI=1S/C23H28N2O4/c1-5-28-20-10-18-9-16(4)29-21(18)11-19(20)12-24-22(26)13-25-23(27)17-7-6-14(2)15(3)8-17/h6-8,10-11,16H,5,9,12-13H2,1-4H3,(H,24,26)(H,25,27)/t16-/m0/s1. The summed E-state index contributed by atoms with van der Waals surface area (Å²) in [4.78, 5) is 24.5. The van der Waals surface area contributed by atoms with Crippen LogP contribution in [0.1, 0.15) is 46.5 Å². The van der Waals surface area contributed by atoms with Gasteiger partial charge in [0.1, 0.15) is 17.6 Å². The van der Waals surface area contributed by atoms with Gasteiger partial charge in [-0.15, -0.1) is 0 Å². The lowest BCUT2D eigenvalue weighted by Crippen LogP contribution is -2.36. The number of carbonyl (C=O) groups is 2. The summed E-state index contributed by atoms with van der Waals surface area (Å²) in [5.41, 5.74) is 4.69. The van der Waals surface area contributed by atoms with Crippen LogP contribution in [0.3, 0.4) is 0 Å². The number of amides is 2. The van der Waals surface area contributed by atoms with E-state index in [-0.39, 0.29) is 24.5 Å². The molecule has 0 unspecified atom stereocenters. The molecule has 0 aromatic heterocycles. The maximum atomic E-state index is 12.3. The molecule has 1 heterocycles. The van der Waals surface area contributed by atoms with E-state index in [1.54, 1.807) is 6.07 Å². The van der Waals surface area contributed by atoms with Crippen molar-refractivity contribution in [2.45, 2.75) is 46.8 Å². The molecule has 6 heteroatoms. The van der Waals surface area contributed by atoms with Crippen molar-refractivity contribution in [1.29, 1.82) is 0 Å². The molecule has 0 saturated heterocycles. The molecule has 0 aliphatic carbocycles. The van der Waals surface area contributed by atoms with Crippen LogP contribution in [0.2, 0.25) is 0 Å². The van der Waals surface area contributed by atoms with Gasteiger partial charge < -0.3 is 20.1 Å². The number of hydrogen-bond acceptors (Lipinski definition) is 4. The topological polar surface area (TPSA) is 76.7 Å². The van der Waals surface area contributed by atoms with Gasteiger partial charge in [0, 0.05) is 29.7 Å². The van der Waals surface area contributed by atoms with E-state index in [0.29, 0.717) is 18.7 Å². The van der Waals surface area contributed by atoms with E-state index in [1.807, 2.05) is 52.0 Å². The first-order valence-electron chi connectivity index (χ1n) is 9.94. The molecule has 3 rings (SSSR count). The molecule has 1 atom stereocenters. The highest BCUT2D eigenvalue weighted by molar-refractivity contribution is 5.96. The van der Waals surface area contributed by atoms with Crippen molar-refractivity contribution in [3.8, 4) is 11.5 Å². The molecule has 2 aromatic rings. The molecular weight excluding hydrogens is 368 g/mol. The van der Waals surface area contributed by atoms with Gasteiger partial charge in [-0.1, -0.05) is 6.07 Å². The van der Waals surface area contributed by atoms with E-state index in [2.05, 4.69) is 10.6 Å². The number of benzene rings is 2. The summed E-state index contributed by atoms with van der Waals surface area (Å²) in [5, 5.41) is 5.50. The van der Waals surface area contributed by atoms with Crippen LogP contribution in [0, 0.1) is 13.8 Å². The smallest absolute Gasteiger partial charge is 0.251 e. The molecule has 0 radical (unpaired) electrons. The van der Waals surface area contributed by atoms with Crippen LogP contribution in [-0.2, 0) is 17.8 Å². The normalized spacial score (nSPS) is 14.7. The number of aryl methyl sites for hydroxylation is 2. The number of fused-ring (bicyclic) bond motifs is 1. The molecule has 2 N–H and O–H groups in total. The lowest BCUT2D eigenvalue weighted by Gasteiger charge is -2.13. The van der Waals surface area contributed by atoms with Crippen LogP contribution in [0.4, 0.5) is 0 Å². The van der Waals surface area contributed by atoms with Crippen LogP contribution >= 0.6 is 0 Å². The van der Waals surface area contributed by atoms with Crippen molar-refractivity contribution in [2.24, 2.45) is 0 Å². The van der Waals surface area contributed by atoms with Crippen LogP contribution in [0.25, 0.3) is 0 Å². The second kappa shape index (κ2) is 8.99. The van der Waals surface area contributed by atoms with E-state index in [0.717, 1.165) is 40.2 Å². The predicted molar refractivity (Wildman–Crippen MR) is 112 cm³/mol. The zero-order valence-corrected chi connectivity index (χ0v) is 17.4. The molecule has 0 fully saturated rings. The van der Waals surface area contributed by atoms with Crippen LogP contribution in [0.15, 0.2) is 30.3 Å². The number of nitrogens with one attached hydrogen (secondary N) is 2. The summed E-state index contributed by atoms with van der Waals surface area (Å²) >= 11 is 0. The Hall–Kier alpha value is -3.02. The second-order valence-electron chi connectivity index (χ2n) is 7.39. The summed E-state index contributed by atoms with van der Waals surface area (Å²) in [6.07, 6.45) is 0.997. The summed E-state index contributed by atoms with van der Waals surface area (Å²) < 4.78 is 11.5. The second-order valence-corrected chi connectivity index (χ2v) is 7.39. The monoisotopic (exact) mass is 396 g/mol. The zero-order valence-electron chi connectivity index (χ0n) is 17.4. The first-order valence-corrected chi connectivity index (χ1v) is 9.94. The van der Waals surface area contributed by atoms with Crippen molar-refractivity contribution < 1.29 is 19.1 Å². The van der Waals surface area contributed by atoms with Gasteiger partial charge in [0.25, 0.3) is 5.91 Å². The van der Waals surface area contributed by atoms with Crippen molar-refractivity contribution in [3.63, 3.8) is 0 Å². The van der Waals surface area contributed by atoms with Gasteiger partial charge in [-0.3, -0.25) is 9.59 Å². The van der Waals surface area contributed by atoms with Gasteiger partial charge in [-0.2, -0.15) is 0 Å². The van der Waals surface area contributed by atoms with Crippen LogP contribution < -0.4 is 20.1 Å². The molecule has 0 bridgehead atoms. The molecule has 0 saturated carbocycles. The summed E-state index contributed by atoms with van der Waals surface area (Å²) in [5.74, 6) is 1.06. The van der Waals surface area contributed by atoms with Gasteiger partial charge in [-0.25, -0.2) is 0 Å². The summed E-state index contributed by atoms with van der Waals surface area (Å²) in [6, 6.07) is 9.40. The fourth-order valence-electron chi connectivity index (χ4n) is 3.31. The zero-order chi connectivity index (χ0) is 21.0. The van der Waals surface area contributed by atoms with Gasteiger partial charge in [0.2, 0.25) is 5.91 Å². The molecule has 154 valence electrons. The van der Waals surface area contributed by atoms with Crippen molar-refractivity contribution in [1.82, 2.24) is 10.6 Å². The Balaban J connectivity index is 1.57. The first kappa shape index (κ1) is 20.7. The minimum Gasteiger partial charge on any atom is -0.494 e. The van der Waals surface area contributed by atoms with Gasteiger partial charge in [-0.05, 0) is 63.1 Å². The van der Waals surface area contributed by atoms with E-state index < -0.39 is 0 Å². The Labute approximate surface area is 171 Å². The van der Waals surface area contributed by atoms with Crippen LogP contribution in [-0.4, -0.2) is 31.1 Å². The Morgan fingerprint density at radius 2 is 1.93 bits per heavy atom. The third kappa shape index (κ3) is 5.08. The van der Waals surface area contributed by atoms with Crippen molar-refractivity contribution >= 4 is 11.8 Å². The predicted octanol–water partition coefficient (Wildman–Crippen LogP) is 3.07. The average Bonchev–Trinajstić information content (AvgIpc) is 3.05. The van der Waals surface area contributed by atoms with E-state index >= 15 is 0 Å². The molecule has 0 spiro atoms. The molecule has 29 heavy (non-hydrogen) atoms. The average molecular weight is 396 g/mol. The Morgan fingerprint density at radius 1 is 1.14 bits per heavy atom. The van der Waals surface area contributed by atoms with E-state index in [9.17, 15) is 9.59 Å². The molecule has 2 aromatic carbocycles. The van der Waals surface area contributed by atoms with Gasteiger partial charge in [0.05, 0.1) is 13.2 Å². The summed E-state index contributed by atoms with van der Waals surface area (Å²) in [6.45, 7) is 8.66. The van der Waals surface area contributed by atoms with E-state index in [4.69, 9.17) is 9.47 Å².